The van der Waals surface area contributed by atoms with Crippen LogP contribution in [0, 0.1) is 0 Å². The Balaban J connectivity index is 2.29. The van der Waals surface area contributed by atoms with Gasteiger partial charge in [0, 0.05) is 19.1 Å². The number of hydrogen-bond acceptors (Lipinski definition) is 3. The van der Waals surface area contributed by atoms with Crippen molar-refractivity contribution in [2.75, 3.05) is 32.8 Å². The van der Waals surface area contributed by atoms with Crippen molar-refractivity contribution >= 4 is 0 Å². The maximum atomic E-state index is 6.06. The first-order valence-electron chi connectivity index (χ1n) is 9.39. The van der Waals surface area contributed by atoms with Crippen LogP contribution in [0.15, 0.2) is 0 Å². The minimum absolute atomic E-state index is 0.390. The lowest BCUT2D eigenvalue weighted by atomic mass is 10.0. The number of unbranched alkanes of at least 4 members (excludes halogenated alkanes) is 5. The fraction of sp³-hybridized carbons (Fsp3) is 1.00. The summed E-state index contributed by atoms with van der Waals surface area (Å²) in [5.41, 5.74) is 0. The smallest absolute Gasteiger partial charge is 0.0855 e. The summed E-state index contributed by atoms with van der Waals surface area (Å²) in [5, 5.41) is 3.73. The lowest BCUT2D eigenvalue weighted by Gasteiger charge is -2.37. The number of morpholine rings is 1. The predicted octanol–water partition coefficient (Wildman–Crippen LogP) is 3.83. The van der Waals surface area contributed by atoms with E-state index >= 15 is 0 Å². The lowest BCUT2D eigenvalue weighted by molar-refractivity contribution is -0.0464. The Hall–Kier alpha value is -0.120. The van der Waals surface area contributed by atoms with Crippen molar-refractivity contribution < 1.29 is 4.74 Å². The van der Waals surface area contributed by atoms with Crippen LogP contribution in [0.25, 0.3) is 0 Å². The highest BCUT2D eigenvalue weighted by atomic mass is 16.5. The summed E-state index contributed by atoms with van der Waals surface area (Å²) in [6.07, 6.45) is 11.1. The highest BCUT2D eigenvalue weighted by molar-refractivity contribution is 4.82. The third-order valence-electron chi connectivity index (χ3n) is 4.60. The van der Waals surface area contributed by atoms with Crippen molar-refractivity contribution in [3.05, 3.63) is 0 Å². The van der Waals surface area contributed by atoms with E-state index in [2.05, 4.69) is 31.0 Å². The van der Waals surface area contributed by atoms with Gasteiger partial charge in [-0.3, -0.25) is 4.90 Å². The van der Waals surface area contributed by atoms with Crippen molar-refractivity contribution in [1.29, 1.82) is 0 Å². The molecule has 21 heavy (non-hydrogen) atoms. The van der Waals surface area contributed by atoms with E-state index in [9.17, 15) is 0 Å². The van der Waals surface area contributed by atoms with Crippen LogP contribution in [0.5, 0.6) is 0 Å². The van der Waals surface area contributed by atoms with E-state index in [0.717, 1.165) is 32.8 Å². The molecular formula is C18H38N2O. The van der Waals surface area contributed by atoms with Gasteiger partial charge in [0.1, 0.15) is 0 Å². The number of ether oxygens (including phenoxy) is 1. The Labute approximate surface area is 132 Å². The molecule has 0 bridgehead atoms. The molecule has 0 aromatic heterocycles. The molecule has 0 aromatic rings. The normalized spacial score (nSPS) is 21.6. The molecule has 2 atom stereocenters. The number of hydrogen-bond donors (Lipinski definition) is 1. The quantitative estimate of drug-likeness (QED) is 0.554. The molecule has 0 aliphatic carbocycles. The Morgan fingerprint density at radius 1 is 1.05 bits per heavy atom. The molecule has 0 amide bonds. The van der Waals surface area contributed by atoms with Crippen LogP contribution in [-0.2, 0) is 4.74 Å². The maximum absolute atomic E-state index is 6.06. The van der Waals surface area contributed by atoms with Gasteiger partial charge in [-0.1, -0.05) is 59.3 Å². The van der Waals surface area contributed by atoms with Gasteiger partial charge in [0.25, 0.3) is 0 Å². The van der Waals surface area contributed by atoms with Gasteiger partial charge in [-0.25, -0.2) is 0 Å². The van der Waals surface area contributed by atoms with Crippen LogP contribution in [0.4, 0.5) is 0 Å². The van der Waals surface area contributed by atoms with Gasteiger partial charge in [-0.2, -0.15) is 0 Å². The van der Waals surface area contributed by atoms with E-state index in [1.807, 2.05) is 0 Å². The fourth-order valence-electron chi connectivity index (χ4n) is 3.16. The van der Waals surface area contributed by atoms with Gasteiger partial charge < -0.3 is 10.1 Å². The molecular weight excluding hydrogens is 260 g/mol. The Morgan fingerprint density at radius 2 is 1.81 bits per heavy atom. The predicted molar refractivity (Wildman–Crippen MR) is 91.9 cm³/mol. The Kier molecular flexibility index (Phi) is 11.2. The van der Waals surface area contributed by atoms with Gasteiger partial charge in [0.05, 0.1) is 12.7 Å². The van der Waals surface area contributed by atoms with E-state index in [1.54, 1.807) is 0 Å². The summed E-state index contributed by atoms with van der Waals surface area (Å²) >= 11 is 0. The summed E-state index contributed by atoms with van der Waals surface area (Å²) in [5.74, 6) is 0. The molecule has 0 spiro atoms. The highest BCUT2D eigenvalue weighted by Crippen LogP contribution is 2.15. The maximum Gasteiger partial charge on any atom is 0.0855 e. The standard InChI is InChI=1S/C18H38N2O/c1-4-7-8-9-10-11-12-17(19-13-5-2)18-16-20(6-3)14-15-21-18/h17-19H,4-16H2,1-3H3. The molecule has 1 N–H and O–H groups in total. The van der Waals surface area contributed by atoms with Crippen LogP contribution >= 0.6 is 0 Å². The summed E-state index contributed by atoms with van der Waals surface area (Å²) in [7, 11) is 0. The van der Waals surface area contributed by atoms with Crippen molar-refractivity contribution in [3.63, 3.8) is 0 Å². The van der Waals surface area contributed by atoms with Crippen LogP contribution in [-0.4, -0.2) is 49.8 Å². The fourth-order valence-corrected chi connectivity index (χ4v) is 3.16. The summed E-state index contributed by atoms with van der Waals surface area (Å²) in [6, 6.07) is 0.547. The van der Waals surface area contributed by atoms with Crippen LogP contribution in [0.3, 0.4) is 0 Å². The first-order valence-corrected chi connectivity index (χ1v) is 9.39. The molecule has 1 saturated heterocycles. The number of nitrogens with zero attached hydrogens (tertiary/aromatic N) is 1. The molecule has 0 aromatic carbocycles. The van der Waals surface area contributed by atoms with Gasteiger partial charge in [0.2, 0.25) is 0 Å². The second kappa shape index (κ2) is 12.4. The van der Waals surface area contributed by atoms with Gasteiger partial charge in [0.15, 0.2) is 0 Å². The SMILES string of the molecule is CCCCCCCCC(NCCC)C1CN(CC)CCO1. The number of rotatable bonds is 12. The topological polar surface area (TPSA) is 24.5 Å². The molecule has 3 heteroatoms. The van der Waals surface area contributed by atoms with Crippen molar-refractivity contribution in [3.8, 4) is 0 Å². The van der Waals surface area contributed by atoms with E-state index < -0.39 is 0 Å². The molecule has 0 radical (unpaired) electrons. The second-order valence-corrected chi connectivity index (χ2v) is 6.42. The third kappa shape index (κ3) is 8.18. The second-order valence-electron chi connectivity index (χ2n) is 6.42. The monoisotopic (exact) mass is 298 g/mol. The zero-order valence-electron chi connectivity index (χ0n) is 14.7. The minimum atomic E-state index is 0.390. The highest BCUT2D eigenvalue weighted by Gasteiger charge is 2.26. The summed E-state index contributed by atoms with van der Waals surface area (Å²) < 4.78 is 6.06. The zero-order valence-corrected chi connectivity index (χ0v) is 14.7. The lowest BCUT2D eigenvalue weighted by Crippen LogP contribution is -2.52. The van der Waals surface area contributed by atoms with Crippen LogP contribution < -0.4 is 5.32 Å². The van der Waals surface area contributed by atoms with Crippen molar-refractivity contribution in [2.45, 2.75) is 84.3 Å². The largest absolute Gasteiger partial charge is 0.374 e. The number of likely N-dealkylation sites (N-methyl/N-ethyl adjacent to an activating group) is 1. The van der Waals surface area contributed by atoms with E-state index in [1.165, 1.54) is 51.4 Å². The molecule has 1 heterocycles. The minimum Gasteiger partial charge on any atom is -0.374 e. The van der Waals surface area contributed by atoms with E-state index in [-0.39, 0.29) is 0 Å². The van der Waals surface area contributed by atoms with Gasteiger partial charge >= 0.3 is 0 Å². The molecule has 1 fully saturated rings. The first-order chi connectivity index (χ1) is 10.3. The van der Waals surface area contributed by atoms with Gasteiger partial charge in [-0.05, 0) is 25.9 Å². The molecule has 1 rings (SSSR count). The van der Waals surface area contributed by atoms with Crippen LogP contribution in [0.2, 0.25) is 0 Å². The molecule has 126 valence electrons. The van der Waals surface area contributed by atoms with Crippen molar-refractivity contribution in [2.24, 2.45) is 0 Å². The van der Waals surface area contributed by atoms with E-state index in [4.69, 9.17) is 4.74 Å². The molecule has 1 aliphatic rings. The van der Waals surface area contributed by atoms with Gasteiger partial charge in [-0.15, -0.1) is 0 Å². The molecule has 3 nitrogen and oxygen atoms in total. The Bertz CT molecular complexity index is 235. The zero-order chi connectivity index (χ0) is 15.3. The number of nitrogens with one attached hydrogen (secondary N) is 1. The molecule has 2 unspecified atom stereocenters. The van der Waals surface area contributed by atoms with Crippen LogP contribution in [0.1, 0.15) is 72.1 Å². The average molecular weight is 299 g/mol. The Morgan fingerprint density at radius 3 is 2.52 bits per heavy atom. The van der Waals surface area contributed by atoms with E-state index in [0.29, 0.717) is 12.1 Å². The van der Waals surface area contributed by atoms with Crippen molar-refractivity contribution in [1.82, 2.24) is 10.2 Å². The summed E-state index contributed by atoms with van der Waals surface area (Å²) in [6.45, 7) is 12.2. The third-order valence-corrected chi connectivity index (χ3v) is 4.60. The average Bonchev–Trinajstić information content (AvgIpc) is 2.53. The summed E-state index contributed by atoms with van der Waals surface area (Å²) in [4.78, 5) is 2.52. The molecule has 1 aliphatic heterocycles. The molecule has 0 saturated carbocycles. The first kappa shape index (κ1) is 18.9.